The van der Waals surface area contributed by atoms with Crippen molar-refractivity contribution in [2.45, 2.75) is 6.10 Å². The van der Waals surface area contributed by atoms with Crippen molar-refractivity contribution in [3.63, 3.8) is 0 Å². The number of carbonyl (C=O) groups is 1. The molecule has 4 heteroatoms. The number of thiophene rings is 1. The molecule has 1 atom stereocenters. The van der Waals surface area contributed by atoms with Gasteiger partial charge in [-0.2, -0.15) is 0 Å². The third-order valence-corrected chi connectivity index (χ3v) is 3.77. The number of rotatable bonds is 4. The number of hydrogen-bond acceptors (Lipinski definition) is 3. The summed E-state index contributed by atoms with van der Waals surface area (Å²) in [5.41, 5.74) is 0.837. The highest BCUT2D eigenvalue weighted by molar-refractivity contribution is 7.12. The van der Waals surface area contributed by atoms with E-state index in [1.54, 1.807) is 11.4 Å². The maximum atomic E-state index is 12.3. The highest BCUT2D eigenvalue weighted by atomic mass is 35.5. The van der Waals surface area contributed by atoms with Gasteiger partial charge in [-0.25, -0.2) is 0 Å². The van der Waals surface area contributed by atoms with E-state index in [1.165, 1.54) is 18.4 Å². The van der Waals surface area contributed by atoms with Crippen molar-refractivity contribution in [1.82, 2.24) is 0 Å². The predicted octanol–water partition coefficient (Wildman–Crippen LogP) is 3.97. The van der Waals surface area contributed by atoms with E-state index in [0.717, 1.165) is 5.56 Å². The lowest BCUT2D eigenvalue weighted by atomic mass is 10.0. The second-order valence-electron chi connectivity index (χ2n) is 3.49. The summed E-state index contributed by atoms with van der Waals surface area (Å²) in [6.07, 6.45) is -0.590. The van der Waals surface area contributed by atoms with Crippen LogP contribution in [0.1, 0.15) is 21.3 Å². The molecule has 2 nitrogen and oxygen atoms in total. The van der Waals surface area contributed by atoms with E-state index in [2.05, 4.69) is 0 Å². The van der Waals surface area contributed by atoms with Crippen LogP contribution in [-0.4, -0.2) is 12.9 Å². The first-order valence-corrected chi connectivity index (χ1v) is 6.34. The third-order valence-electron chi connectivity index (χ3n) is 2.42. The van der Waals surface area contributed by atoms with Crippen molar-refractivity contribution in [1.29, 1.82) is 0 Å². The van der Waals surface area contributed by atoms with Gasteiger partial charge in [-0.1, -0.05) is 41.9 Å². The molecule has 88 valence electrons. The minimum atomic E-state index is -0.590. The fourth-order valence-corrected chi connectivity index (χ4v) is 2.72. The second-order valence-corrected chi connectivity index (χ2v) is 4.81. The number of Topliss-reactive ketones (excluding diaryl/α,β-unsaturated/α-hetero) is 1. The Hall–Kier alpha value is -1.16. The average molecular weight is 267 g/mol. The molecule has 0 fully saturated rings. The van der Waals surface area contributed by atoms with Crippen LogP contribution in [0.4, 0.5) is 0 Å². The Morgan fingerprint density at radius 2 is 2.00 bits per heavy atom. The highest BCUT2D eigenvalue weighted by Gasteiger charge is 2.24. The van der Waals surface area contributed by atoms with Crippen LogP contribution in [0.15, 0.2) is 41.8 Å². The molecule has 0 aliphatic heterocycles. The topological polar surface area (TPSA) is 26.3 Å². The Morgan fingerprint density at radius 3 is 2.53 bits per heavy atom. The molecule has 0 spiro atoms. The van der Waals surface area contributed by atoms with Crippen molar-refractivity contribution >= 4 is 28.7 Å². The molecule has 0 saturated heterocycles. The molecule has 1 aromatic carbocycles. The largest absolute Gasteiger partial charge is 0.368 e. The van der Waals surface area contributed by atoms with Gasteiger partial charge in [-0.3, -0.25) is 4.79 Å². The highest BCUT2D eigenvalue weighted by Crippen LogP contribution is 2.29. The Bertz CT molecular complexity index is 507. The van der Waals surface area contributed by atoms with Crippen LogP contribution in [0, 0.1) is 0 Å². The van der Waals surface area contributed by atoms with Crippen LogP contribution in [0.2, 0.25) is 5.02 Å². The van der Waals surface area contributed by atoms with Gasteiger partial charge >= 0.3 is 0 Å². The SMILES string of the molecule is COC(C(=O)c1sccc1Cl)c1ccccc1. The van der Waals surface area contributed by atoms with E-state index in [-0.39, 0.29) is 5.78 Å². The smallest absolute Gasteiger partial charge is 0.207 e. The normalized spacial score (nSPS) is 12.4. The standard InChI is InChI=1S/C13H11ClO2S/c1-16-12(9-5-3-2-4-6-9)11(15)13-10(14)7-8-17-13/h2-8,12H,1H3. The molecular formula is C13H11ClO2S. The molecule has 0 radical (unpaired) electrons. The first-order valence-electron chi connectivity index (χ1n) is 5.09. The molecule has 0 bridgehead atoms. The lowest BCUT2D eigenvalue weighted by Crippen LogP contribution is -2.13. The van der Waals surface area contributed by atoms with Crippen molar-refractivity contribution in [3.8, 4) is 0 Å². The summed E-state index contributed by atoms with van der Waals surface area (Å²) in [5, 5.41) is 2.28. The lowest BCUT2D eigenvalue weighted by molar-refractivity contribution is 0.0609. The van der Waals surface area contributed by atoms with E-state index in [4.69, 9.17) is 16.3 Å². The maximum absolute atomic E-state index is 12.3. The molecule has 1 heterocycles. The van der Waals surface area contributed by atoms with E-state index in [0.29, 0.717) is 9.90 Å². The van der Waals surface area contributed by atoms with Crippen molar-refractivity contribution in [3.05, 3.63) is 57.2 Å². The first-order chi connectivity index (χ1) is 8.24. The molecule has 0 amide bonds. The predicted molar refractivity (Wildman–Crippen MR) is 69.9 cm³/mol. The van der Waals surface area contributed by atoms with E-state index < -0.39 is 6.10 Å². The summed E-state index contributed by atoms with van der Waals surface area (Å²) in [6.45, 7) is 0. The summed E-state index contributed by atoms with van der Waals surface area (Å²) in [4.78, 5) is 12.8. The fourth-order valence-electron chi connectivity index (χ4n) is 1.61. The van der Waals surface area contributed by atoms with E-state index >= 15 is 0 Å². The summed E-state index contributed by atoms with van der Waals surface area (Å²) >= 11 is 7.29. The van der Waals surface area contributed by atoms with Crippen LogP contribution in [0.25, 0.3) is 0 Å². The number of methoxy groups -OCH3 is 1. The number of ketones is 1. The van der Waals surface area contributed by atoms with Crippen LogP contribution in [0.5, 0.6) is 0 Å². The van der Waals surface area contributed by atoms with Gasteiger partial charge in [-0.05, 0) is 17.0 Å². The Kier molecular flexibility index (Phi) is 3.94. The molecule has 0 aliphatic carbocycles. The second kappa shape index (κ2) is 5.45. The molecule has 2 rings (SSSR count). The third kappa shape index (κ3) is 2.57. The maximum Gasteiger partial charge on any atom is 0.207 e. The number of halogens is 1. The van der Waals surface area contributed by atoms with Gasteiger partial charge in [0.25, 0.3) is 0 Å². The molecule has 2 aromatic rings. The lowest BCUT2D eigenvalue weighted by Gasteiger charge is -2.13. The van der Waals surface area contributed by atoms with Crippen molar-refractivity contribution in [2.75, 3.05) is 7.11 Å². The van der Waals surface area contributed by atoms with Gasteiger partial charge < -0.3 is 4.74 Å². The fraction of sp³-hybridized carbons (Fsp3) is 0.154. The van der Waals surface area contributed by atoms with E-state index in [1.807, 2.05) is 30.3 Å². The molecule has 0 N–H and O–H groups in total. The van der Waals surface area contributed by atoms with Gasteiger partial charge in [0.2, 0.25) is 5.78 Å². The van der Waals surface area contributed by atoms with E-state index in [9.17, 15) is 4.79 Å². The molecule has 0 saturated carbocycles. The van der Waals surface area contributed by atoms with Gasteiger partial charge in [0.05, 0.1) is 9.90 Å². The molecule has 1 aromatic heterocycles. The van der Waals surface area contributed by atoms with Gasteiger partial charge in [0, 0.05) is 7.11 Å². The summed E-state index contributed by atoms with van der Waals surface area (Å²) < 4.78 is 5.28. The van der Waals surface area contributed by atoms with Crippen molar-refractivity contribution < 1.29 is 9.53 Å². The first kappa shape index (κ1) is 12.3. The number of benzene rings is 1. The van der Waals surface area contributed by atoms with Crippen LogP contribution in [0.3, 0.4) is 0 Å². The molecule has 17 heavy (non-hydrogen) atoms. The summed E-state index contributed by atoms with van der Waals surface area (Å²) in [7, 11) is 1.52. The van der Waals surface area contributed by atoms with Crippen LogP contribution < -0.4 is 0 Å². The minimum absolute atomic E-state index is 0.0984. The molecular weight excluding hydrogens is 256 g/mol. The zero-order valence-corrected chi connectivity index (χ0v) is 10.8. The quantitative estimate of drug-likeness (QED) is 0.783. The van der Waals surface area contributed by atoms with Gasteiger partial charge in [0.15, 0.2) is 0 Å². The monoisotopic (exact) mass is 266 g/mol. The van der Waals surface area contributed by atoms with Crippen molar-refractivity contribution in [2.24, 2.45) is 0 Å². The van der Waals surface area contributed by atoms with Gasteiger partial charge in [-0.15, -0.1) is 11.3 Å². The summed E-state index contributed by atoms with van der Waals surface area (Å²) in [6, 6.07) is 11.1. The number of hydrogen-bond donors (Lipinski definition) is 0. The Labute approximate surface area is 109 Å². The Morgan fingerprint density at radius 1 is 1.29 bits per heavy atom. The average Bonchev–Trinajstić information content (AvgIpc) is 2.77. The Balaban J connectivity index is 2.32. The van der Waals surface area contributed by atoms with Gasteiger partial charge in [0.1, 0.15) is 6.10 Å². The minimum Gasteiger partial charge on any atom is -0.368 e. The number of ether oxygens (including phenoxy) is 1. The van der Waals surface area contributed by atoms with Crippen LogP contribution in [-0.2, 0) is 4.74 Å². The molecule has 0 aliphatic rings. The molecule has 1 unspecified atom stereocenters. The van der Waals surface area contributed by atoms with Crippen LogP contribution >= 0.6 is 22.9 Å². The number of carbonyl (C=O) groups excluding carboxylic acids is 1. The zero-order valence-electron chi connectivity index (χ0n) is 9.22. The zero-order chi connectivity index (χ0) is 12.3. The summed E-state index contributed by atoms with van der Waals surface area (Å²) in [5.74, 6) is -0.0984.